The molecular weight excluding hydrogens is 260 g/mol. The summed E-state index contributed by atoms with van der Waals surface area (Å²) in [6, 6.07) is 5.88. The number of rotatable bonds is 10. The van der Waals surface area contributed by atoms with Crippen molar-refractivity contribution >= 4 is 5.78 Å². The maximum Gasteiger partial charge on any atom is 0.162 e. The molecule has 0 aromatic heterocycles. The van der Waals surface area contributed by atoms with E-state index in [1.54, 1.807) is 0 Å². The molecule has 1 aromatic rings. The first-order valence-corrected chi connectivity index (χ1v) is 8.60. The van der Waals surface area contributed by atoms with Gasteiger partial charge >= 0.3 is 0 Å². The van der Waals surface area contributed by atoms with Gasteiger partial charge in [0.25, 0.3) is 0 Å². The van der Waals surface area contributed by atoms with Gasteiger partial charge in [0.1, 0.15) is 5.75 Å². The Hall–Kier alpha value is -1.31. The van der Waals surface area contributed by atoms with Gasteiger partial charge in [-0.25, -0.2) is 0 Å². The first-order valence-electron chi connectivity index (χ1n) is 8.60. The van der Waals surface area contributed by atoms with Crippen molar-refractivity contribution < 1.29 is 9.53 Å². The highest BCUT2D eigenvalue weighted by Crippen LogP contribution is 2.26. The highest BCUT2D eigenvalue weighted by atomic mass is 16.5. The molecular formula is C19H28O2. The largest absolute Gasteiger partial charge is 0.493 e. The molecule has 0 aliphatic carbocycles. The summed E-state index contributed by atoms with van der Waals surface area (Å²) in [5.74, 6) is 1.24. The standard InChI is InChI=1S/C19H28O2/c1-2-3-4-5-6-7-8-9-10-18(20)16-11-12-19-17(15-16)13-14-21-19/h11-12,15H,2-10,13-14H2,1H3. The smallest absolute Gasteiger partial charge is 0.162 e. The lowest BCUT2D eigenvalue weighted by Crippen LogP contribution is -1.99. The zero-order valence-corrected chi connectivity index (χ0v) is 13.3. The van der Waals surface area contributed by atoms with Crippen molar-refractivity contribution in [1.29, 1.82) is 0 Å². The minimum atomic E-state index is 0.288. The zero-order chi connectivity index (χ0) is 14.9. The highest BCUT2D eigenvalue weighted by molar-refractivity contribution is 5.96. The fourth-order valence-electron chi connectivity index (χ4n) is 2.92. The first kappa shape index (κ1) is 16.1. The van der Waals surface area contributed by atoms with Crippen molar-refractivity contribution in [1.82, 2.24) is 0 Å². The van der Waals surface area contributed by atoms with E-state index in [9.17, 15) is 4.79 Å². The molecule has 1 aliphatic heterocycles. The summed E-state index contributed by atoms with van der Waals surface area (Å²) in [4.78, 5) is 12.2. The van der Waals surface area contributed by atoms with Crippen LogP contribution in [0.25, 0.3) is 0 Å². The number of ketones is 1. The number of hydrogen-bond acceptors (Lipinski definition) is 2. The van der Waals surface area contributed by atoms with Crippen LogP contribution in [0, 0.1) is 0 Å². The third-order valence-electron chi connectivity index (χ3n) is 4.27. The molecule has 1 aliphatic rings. The highest BCUT2D eigenvalue weighted by Gasteiger charge is 2.14. The predicted octanol–water partition coefficient (Wildman–Crippen LogP) is 5.34. The lowest BCUT2D eigenvalue weighted by Gasteiger charge is -2.04. The van der Waals surface area contributed by atoms with Gasteiger partial charge in [0.2, 0.25) is 0 Å². The molecule has 0 saturated heterocycles. The Morgan fingerprint density at radius 3 is 2.52 bits per heavy atom. The van der Waals surface area contributed by atoms with E-state index in [0.717, 1.165) is 30.8 Å². The minimum Gasteiger partial charge on any atom is -0.493 e. The van der Waals surface area contributed by atoms with E-state index in [4.69, 9.17) is 4.74 Å². The van der Waals surface area contributed by atoms with Crippen molar-refractivity contribution in [3.8, 4) is 5.75 Å². The van der Waals surface area contributed by atoms with Crippen molar-refractivity contribution in [3.63, 3.8) is 0 Å². The van der Waals surface area contributed by atoms with Gasteiger partial charge in [-0.15, -0.1) is 0 Å². The molecule has 116 valence electrons. The van der Waals surface area contributed by atoms with E-state index in [2.05, 4.69) is 6.92 Å². The Morgan fingerprint density at radius 2 is 1.76 bits per heavy atom. The molecule has 1 aromatic carbocycles. The third-order valence-corrected chi connectivity index (χ3v) is 4.27. The van der Waals surface area contributed by atoms with Crippen LogP contribution in [-0.2, 0) is 6.42 Å². The Morgan fingerprint density at radius 1 is 1.05 bits per heavy atom. The lowest BCUT2D eigenvalue weighted by molar-refractivity contribution is 0.0979. The van der Waals surface area contributed by atoms with Crippen LogP contribution in [0.1, 0.15) is 80.6 Å². The maximum atomic E-state index is 12.2. The van der Waals surface area contributed by atoms with Crippen LogP contribution >= 0.6 is 0 Å². The molecule has 1 heterocycles. The van der Waals surface area contributed by atoms with Crippen LogP contribution in [0.4, 0.5) is 0 Å². The lowest BCUT2D eigenvalue weighted by atomic mass is 10.0. The van der Waals surface area contributed by atoms with Crippen molar-refractivity contribution in [2.45, 2.75) is 71.1 Å². The number of hydrogen-bond donors (Lipinski definition) is 0. The van der Waals surface area contributed by atoms with Crippen LogP contribution in [0.15, 0.2) is 18.2 Å². The Bertz CT molecular complexity index is 451. The molecule has 2 rings (SSSR count). The van der Waals surface area contributed by atoms with Crippen LogP contribution in [0.3, 0.4) is 0 Å². The van der Waals surface area contributed by atoms with Gasteiger partial charge in [0.15, 0.2) is 5.78 Å². The molecule has 21 heavy (non-hydrogen) atoms. The quantitative estimate of drug-likeness (QED) is 0.429. The number of Topliss-reactive ketones (excluding diaryl/α,β-unsaturated/α-hetero) is 1. The maximum absolute atomic E-state index is 12.2. The predicted molar refractivity (Wildman–Crippen MR) is 87.2 cm³/mol. The van der Waals surface area contributed by atoms with Gasteiger partial charge in [-0.3, -0.25) is 4.79 Å². The van der Waals surface area contributed by atoms with Crippen molar-refractivity contribution in [2.75, 3.05) is 6.61 Å². The van der Waals surface area contributed by atoms with Gasteiger partial charge in [-0.1, -0.05) is 51.9 Å². The number of unbranched alkanes of at least 4 members (excludes halogenated alkanes) is 7. The number of carbonyl (C=O) groups excluding carboxylic acids is 1. The van der Waals surface area contributed by atoms with Gasteiger partial charge in [-0.2, -0.15) is 0 Å². The molecule has 0 unspecified atom stereocenters. The second-order valence-electron chi connectivity index (χ2n) is 6.07. The zero-order valence-electron chi connectivity index (χ0n) is 13.3. The number of carbonyl (C=O) groups is 1. The number of ether oxygens (including phenoxy) is 1. The molecule has 0 saturated carbocycles. The second-order valence-corrected chi connectivity index (χ2v) is 6.07. The summed E-state index contributed by atoms with van der Waals surface area (Å²) in [7, 11) is 0. The summed E-state index contributed by atoms with van der Waals surface area (Å²) in [5, 5.41) is 0. The van der Waals surface area contributed by atoms with Crippen molar-refractivity contribution in [3.05, 3.63) is 29.3 Å². The van der Waals surface area contributed by atoms with E-state index in [-0.39, 0.29) is 5.78 Å². The molecule has 2 heteroatoms. The average molecular weight is 288 g/mol. The molecule has 0 amide bonds. The summed E-state index contributed by atoms with van der Waals surface area (Å²) in [6.07, 6.45) is 11.8. The summed E-state index contributed by atoms with van der Waals surface area (Å²) in [5.41, 5.74) is 2.05. The monoisotopic (exact) mass is 288 g/mol. The Kier molecular flexibility index (Phi) is 6.78. The van der Waals surface area contributed by atoms with Crippen molar-refractivity contribution in [2.24, 2.45) is 0 Å². The van der Waals surface area contributed by atoms with E-state index in [0.29, 0.717) is 6.42 Å². The van der Waals surface area contributed by atoms with Gasteiger partial charge in [-0.05, 0) is 30.2 Å². The summed E-state index contributed by atoms with van der Waals surface area (Å²) < 4.78 is 5.48. The fourth-order valence-corrected chi connectivity index (χ4v) is 2.92. The van der Waals surface area contributed by atoms with E-state index in [1.165, 1.54) is 50.5 Å². The molecule has 2 nitrogen and oxygen atoms in total. The molecule has 0 bridgehead atoms. The van der Waals surface area contributed by atoms with Crippen LogP contribution in [0.2, 0.25) is 0 Å². The fraction of sp³-hybridized carbons (Fsp3) is 0.632. The normalized spacial score (nSPS) is 13.0. The summed E-state index contributed by atoms with van der Waals surface area (Å²) in [6.45, 7) is 3.00. The van der Waals surface area contributed by atoms with Gasteiger partial charge in [0.05, 0.1) is 6.61 Å². The Labute approximate surface area is 128 Å². The van der Waals surface area contributed by atoms with E-state index >= 15 is 0 Å². The SMILES string of the molecule is CCCCCCCCCCC(=O)c1ccc2c(c1)CCO2. The third kappa shape index (κ3) is 5.18. The van der Waals surface area contributed by atoms with Crippen LogP contribution in [-0.4, -0.2) is 12.4 Å². The van der Waals surface area contributed by atoms with Gasteiger partial charge < -0.3 is 4.74 Å². The molecule has 0 atom stereocenters. The van der Waals surface area contributed by atoms with Crippen LogP contribution < -0.4 is 4.74 Å². The number of fused-ring (bicyclic) bond motifs is 1. The molecule has 0 fully saturated rings. The number of benzene rings is 1. The molecule has 0 spiro atoms. The van der Waals surface area contributed by atoms with E-state index in [1.807, 2.05) is 18.2 Å². The summed E-state index contributed by atoms with van der Waals surface area (Å²) >= 11 is 0. The molecule has 0 N–H and O–H groups in total. The van der Waals surface area contributed by atoms with E-state index < -0.39 is 0 Å². The minimum absolute atomic E-state index is 0.288. The second kappa shape index (κ2) is 8.86. The molecule has 0 radical (unpaired) electrons. The first-order chi connectivity index (χ1) is 10.3. The topological polar surface area (TPSA) is 26.3 Å². The van der Waals surface area contributed by atoms with Gasteiger partial charge in [0, 0.05) is 18.4 Å². The Balaban J connectivity index is 1.61. The average Bonchev–Trinajstić information content (AvgIpc) is 2.97. The van der Waals surface area contributed by atoms with Crippen LogP contribution in [0.5, 0.6) is 5.75 Å².